The van der Waals surface area contributed by atoms with Gasteiger partial charge in [-0.2, -0.15) is 0 Å². The molecular weight excluding hydrogens is 236 g/mol. The van der Waals surface area contributed by atoms with Gasteiger partial charge in [0.2, 0.25) is 0 Å². The average molecular weight is 258 g/mol. The molecule has 2 aromatic rings. The van der Waals surface area contributed by atoms with Gasteiger partial charge in [0.1, 0.15) is 0 Å². The molecule has 0 aliphatic carbocycles. The lowest BCUT2D eigenvalue weighted by Gasteiger charge is -2.11. The maximum atomic E-state index is 11.8. The van der Waals surface area contributed by atoms with Crippen LogP contribution in [-0.2, 0) is 6.54 Å². The van der Waals surface area contributed by atoms with Crippen LogP contribution < -0.4 is 10.7 Å². The van der Waals surface area contributed by atoms with Crippen molar-refractivity contribution in [2.75, 3.05) is 13.1 Å². The van der Waals surface area contributed by atoms with Gasteiger partial charge >= 0.3 is 0 Å². The SMILES string of the molecule is CCCCCNCCn1ccc(=O)c2ccccc21. The number of benzene rings is 1. The van der Waals surface area contributed by atoms with Gasteiger partial charge in [-0.3, -0.25) is 4.79 Å². The first-order valence-electron chi connectivity index (χ1n) is 7.12. The van der Waals surface area contributed by atoms with Gasteiger partial charge in [0.05, 0.1) is 5.52 Å². The van der Waals surface area contributed by atoms with Crippen LogP contribution in [0.2, 0.25) is 0 Å². The van der Waals surface area contributed by atoms with Crippen LogP contribution in [0.5, 0.6) is 0 Å². The zero-order valence-corrected chi connectivity index (χ0v) is 11.6. The molecule has 102 valence electrons. The number of aromatic nitrogens is 1. The van der Waals surface area contributed by atoms with Crippen LogP contribution in [-0.4, -0.2) is 17.7 Å². The second-order valence-corrected chi connectivity index (χ2v) is 4.85. The van der Waals surface area contributed by atoms with Gasteiger partial charge in [-0.25, -0.2) is 0 Å². The molecule has 0 amide bonds. The normalized spacial score (nSPS) is 11.0. The Bertz CT molecular complexity index is 574. The van der Waals surface area contributed by atoms with Crippen LogP contribution in [0.4, 0.5) is 0 Å². The predicted molar refractivity (Wildman–Crippen MR) is 80.6 cm³/mol. The summed E-state index contributed by atoms with van der Waals surface area (Å²) in [5.74, 6) is 0. The number of hydrogen-bond acceptors (Lipinski definition) is 2. The van der Waals surface area contributed by atoms with Crippen molar-refractivity contribution in [1.29, 1.82) is 0 Å². The van der Waals surface area contributed by atoms with E-state index in [2.05, 4.69) is 16.8 Å². The zero-order valence-electron chi connectivity index (χ0n) is 11.6. The zero-order chi connectivity index (χ0) is 13.5. The molecule has 0 saturated carbocycles. The Hall–Kier alpha value is -1.61. The van der Waals surface area contributed by atoms with E-state index in [1.54, 1.807) is 6.07 Å². The lowest BCUT2D eigenvalue weighted by molar-refractivity contribution is 0.575. The van der Waals surface area contributed by atoms with Crippen molar-refractivity contribution in [2.24, 2.45) is 0 Å². The van der Waals surface area contributed by atoms with Gasteiger partial charge in [0, 0.05) is 30.7 Å². The molecule has 1 aromatic heterocycles. The Morgan fingerprint density at radius 1 is 1.11 bits per heavy atom. The summed E-state index contributed by atoms with van der Waals surface area (Å²) in [6.07, 6.45) is 5.67. The molecular formula is C16H22N2O. The summed E-state index contributed by atoms with van der Waals surface area (Å²) in [4.78, 5) is 11.8. The van der Waals surface area contributed by atoms with Crippen molar-refractivity contribution in [2.45, 2.75) is 32.7 Å². The molecule has 2 rings (SSSR count). The number of rotatable bonds is 7. The van der Waals surface area contributed by atoms with Crippen LogP contribution in [0, 0.1) is 0 Å². The Kier molecular flexibility index (Phi) is 5.16. The van der Waals surface area contributed by atoms with E-state index in [0.29, 0.717) is 0 Å². The smallest absolute Gasteiger partial charge is 0.189 e. The molecule has 1 aromatic carbocycles. The Morgan fingerprint density at radius 2 is 1.95 bits per heavy atom. The fourth-order valence-corrected chi connectivity index (χ4v) is 2.28. The number of pyridine rings is 1. The third-order valence-corrected chi connectivity index (χ3v) is 3.37. The van der Waals surface area contributed by atoms with Crippen molar-refractivity contribution in [3.8, 4) is 0 Å². The molecule has 0 atom stereocenters. The van der Waals surface area contributed by atoms with E-state index in [1.807, 2.05) is 30.5 Å². The quantitative estimate of drug-likeness (QED) is 0.775. The Morgan fingerprint density at radius 3 is 2.79 bits per heavy atom. The van der Waals surface area contributed by atoms with Gasteiger partial charge in [-0.05, 0) is 25.1 Å². The molecule has 0 bridgehead atoms. The standard InChI is InChI=1S/C16H22N2O/c1-2-3-6-10-17-11-13-18-12-9-16(19)14-7-4-5-8-15(14)18/h4-5,7-9,12,17H,2-3,6,10-11,13H2,1H3. The predicted octanol–water partition coefficient (Wildman–Crippen LogP) is 2.78. The van der Waals surface area contributed by atoms with E-state index < -0.39 is 0 Å². The second-order valence-electron chi connectivity index (χ2n) is 4.85. The molecule has 0 aliphatic rings. The van der Waals surface area contributed by atoms with Crippen molar-refractivity contribution < 1.29 is 0 Å². The van der Waals surface area contributed by atoms with Gasteiger partial charge in [-0.15, -0.1) is 0 Å². The van der Waals surface area contributed by atoms with Crippen LogP contribution in [0.1, 0.15) is 26.2 Å². The third-order valence-electron chi connectivity index (χ3n) is 3.37. The maximum absolute atomic E-state index is 11.8. The number of nitrogens with zero attached hydrogens (tertiary/aromatic N) is 1. The molecule has 1 N–H and O–H groups in total. The monoisotopic (exact) mass is 258 g/mol. The Labute approximate surface area is 114 Å². The van der Waals surface area contributed by atoms with E-state index in [1.165, 1.54) is 19.3 Å². The van der Waals surface area contributed by atoms with Crippen LogP contribution >= 0.6 is 0 Å². The van der Waals surface area contributed by atoms with Gasteiger partial charge in [0.15, 0.2) is 5.43 Å². The highest BCUT2D eigenvalue weighted by atomic mass is 16.1. The molecule has 3 heteroatoms. The third kappa shape index (κ3) is 3.67. The van der Waals surface area contributed by atoms with E-state index in [4.69, 9.17) is 0 Å². The fourth-order valence-electron chi connectivity index (χ4n) is 2.28. The molecule has 3 nitrogen and oxygen atoms in total. The highest BCUT2D eigenvalue weighted by Crippen LogP contribution is 2.08. The molecule has 0 saturated heterocycles. The van der Waals surface area contributed by atoms with Crippen molar-refractivity contribution in [3.63, 3.8) is 0 Å². The summed E-state index contributed by atoms with van der Waals surface area (Å²) in [6.45, 7) is 5.13. The minimum Gasteiger partial charge on any atom is -0.346 e. The first-order chi connectivity index (χ1) is 9.33. The van der Waals surface area contributed by atoms with Crippen molar-refractivity contribution >= 4 is 10.9 Å². The summed E-state index contributed by atoms with van der Waals surface area (Å²) in [6, 6.07) is 9.44. The highest BCUT2D eigenvalue weighted by Gasteiger charge is 2.00. The topological polar surface area (TPSA) is 34.0 Å². The number of hydrogen-bond donors (Lipinski definition) is 1. The number of fused-ring (bicyclic) bond motifs is 1. The van der Waals surface area contributed by atoms with Crippen molar-refractivity contribution in [1.82, 2.24) is 9.88 Å². The fraction of sp³-hybridized carbons (Fsp3) is 0.438. The first kappa shape index (κ1) is 13.8. The van der Waals surface area contributed by atoms with Gasteiger partial charge in [0.25, 0.3) is 0 Å². The second kappa shape index (κ2) is 7.10. The molecule has 0 aliphatic heterocycles. The van der Waals surface area contributed by atoms with Crippen molar-refractivity contribution in [3.05, 3.63) is 46.8 Å². The maximum Gasteiger partial charge on any atom is 0.189 e. The van der Waals surface area contributed by atoms with Gasteiger partial charge < -0.3 is 9.88 Å². The molecule has 0 unspecified atom stereocenters. The Balaban J connectivity index is 1.98. The number of unbranched alkanes of at least 4 members (excludes halogenated alkanes) is 2. The van der Waals surface area contributed by atoms with E-state index >= 15 is 0 Å². The summed E-state index contributed by atoms with van der Waals surface area (Å²) >= 11 is 0. The van der Waals surface area contributed by atoms with Crippen LogP contribution in [0.25, 0.3) is 10.9 Å². The minimum absolute atomic E-state index is 0.0998. The number of para-hydroxylation sites is 1. The minimum atomic E-state index is 0.0998. The number of nitrogens with one attached hydrogen (secondary N) is 1. The summed E-state index contributed by atoms with van der Waals surface area (Å²) in [7, 11) is 0. The van der Waals surface area contributed by atoms with E-state index in [0.717, 1.165) is 30.5 Å². The lowest BCUT2D eigenvalue weighted by atomic mass is 10.2. The van der Waals surface area contributed by atoms with Crippen LogP contribution in [0.15, 0.2) is 41.3 Å². The summed E-state index contributed by atoms with van der Waals surface area (Å²) < 4.78 is 2.14. The van der Waals surface area contributed by atoms with Gasteiger partial charge in [-0.1, -0.05) is 31.9 Å². The lowest BCUT2D eigenvalue weighted by Crippen LogP contribution is -2.22. The van der Waals surface area contributed by atoms with E-state index in [-0.39, 0.29) is 5.43 Å². The summed E-state index contributed by atoms with van der Waals surface area (Å²) in [5, 5.41) is 4.25. The molecule has 0 radical (unpaired) electrons. The first-order valence-corrected chi connectivity index (χ1v) is 7.12. The average Bonchev–Trinajstić information content (AvgIpc) is 2.45. The highest BCUT2D eigenvalue weighted by molar-refractivity contribution is 5.78. The molecule has 19 heavy (non-hydrogen) atoms. The molecule has 1 heterocycles. The molecule has 0 spiro atoms. The largest absolute Gasteiger partial charge is 0.346 e. The summed E-state index contributed by atoms with van der Waals surface area (Å²) in [5.41, 5.74) is 1.12. The van der Waals surface area contributed by atoms with E-state index in [9.17, 15) is 4.79 Å². The van der Waals surface area contributed by atoms with Crippen LogP contribution in [0.3, 0.4) is 0 Å². The molecule has 0 fully saturated rings.